The third kappa shape index (κ3) is 5.42. The van der Waals surface area contributed by atoms with Crippen LogP contribution in [0.25, 0.3) is 22.6 Å². The number of halogens is 1. The minimum atomic E-state index is -0.112. The van der Waals surface area contributed by atoms with E-state index in [1.54, 1.807) is 24.7 Å². The standard InChI is InChI=1S/C26H29ClN8O/c1-34-12-9-18(10-13-34)31-23-21(27)15-29-26-24(23)32-25(33-26)17-5-7-20(8-6-17)35(2)16-22(36)30-19-4-3-11-28-14-19/h3-8,11,14-15,18H,9-10,12-13,16H2,1-2H3,(H,30,36)(H2,29,31,32,33). The van der Waals surface area contributed by atoms with E-state index in [4.69, 9.17) is 16.6 Å². The summed E-state index contributed by atoms with van der Waals surface area (Å²) in [7, 11) is 4.03. The molecular weight excluding hydrogens is 476 g/mol. The molecule has 1 aromatic carbocycles. The Hall–Kier alpha value is -3.69. The number of hydrogen-bond acceptors (Lipinski definition) is 7. The number of carbonyl (C=O) groups excluding carboxylic acids is 1. The topological polar surface area (TPSA) is 102 Å². The quantitative estimate of drug-likeness (QED) is 0.345. The van der Waals surface area contributed by atoms with Crippen LogP contribution in [0.1, 0.15) is 12.8 Å². The number of amides is 1. The van der Waals surface area contributed by atoms with Gasteiger partial charge in [0.25, 0.3) is 0 Å². The van der Waals surface area contributed by atoms with E-state index >= 15 is 0 Å². The summed E-state index contributed by atoms with van der Waals surface area (Å²) >= 11 is 6.52. The zero-order valence-electron chi connectivity index (χ0n) is 20.3. The van der Waals surface area contributed by atoms with Gasteiger partial charge in [-0.15, -0.1) is 0 Å². The van der Waals surface area contributed by atoms with Gasteiger partial charge in [0.05, 0.1) is 35.3 Å². The molecule has 4 heterocycles. The fourth-order valence-electron chi connectivity index (χ4n) is 4.38. The molecule has 1 saturated heterocycles. The summed E-state index contributed by atoms with van der Waals surface area (Å²) < 4.78 is 0. The number of piperidine rings is 1. The lowest BCUT2D eigenvalue weighted by molar-refractivity contribution is -0.114. The molecule has 1 fully saturated rings. The number of likely N-dealkylation sites (N-methyl/N-ethyl adjacent to an activating group) is 1. The molecule has 3 aromatic heterocycles. The van der Waals surface area contributed by atoms with Gasteiger partial charge in [0.1, 0.15) is 11.3 Å². The minimum absolute atomic E-state index is 0.112. The van der Waals surface area contributed by atoms with E-state index in [-0.39, 0.29) is 12.5 Å². The second-order valence-corrected chi connectivity index (χ2v) is 9.59. The molecule has 186 valence electrons. The van der Waals surface area contributed by atoms with Crippen LogP contribution in [0.4, 0.5) is 17.1 Å². The monoisotopic (exact) mass is 504 g/mol. The van der Waals surface area contributed by atoms with Gasteiger partial charge in [-0.1, -0.05) is 11.6 Å². The Labute approximate surface area is 214 Å². The maximum absolute atomic E-state index is 12.4. The number of nitrogens with zero attached hydrogens (tertiary/aromatic N) is 5. The first-order valence-electron chi connectivity index (χ1n) is 12.0. The number of nitrogens with one attached hydrogen (secondary N) is 3. The van der Waals surface area contributed by atoms with Crippen molar-refractivity contribution in [3.63, 3.8) is 0 Å². The number of pyridine rings is 2. The Morgan fingerprint density at radius 3 is 2.69 bits per heavy atom. The molecule has 10 heteroatoms. The molecule has 0 aliphatic carbocycles. The van der Waals surface area contributed by atoms with Gasteiger partial charge in [-0.05, 0) is 69.4 Å². The van der Waals surface area contributed by atoms with Crippen molar-refractivity contribution in [3.8, 4) is 11.4 Å². The van der Waals surface area contributed by atoms with Gasteiger partial charge >= 0.3 is 0 Å². The molecule has 3 N–H and O–H groups in total. The van der Waals surface area contributed by atoms with Gasteiger partial charge in [-0.2, -0.15) is 0 Å². The van der Waals surface area contributed by atoms with Crippen molar-refractivity contribution < 1.29 is 4.79 Å². The van der Waals surface area contributed by atoms with Gasteiger partial charge in [0.15, 0.2) is 5.65 Å². The Morgan fingerprint density at radius 1 is 1.19 bits per heavy atom. The van der Waals surface area contributed by atoms with Crippen molar-refractivity contribution in [3.05, 3.63) is 60.0 Å². The van der Waals surface area contributed by atoms with Gasteiger partial charge < -0.3 is 25.4 Å². The fourth-order valence-corrected chi connectivity index (χ4v) is 4.57. The van der Waals surface area contributed by atoms with Crippen molar-refractivity contribution in [2.45, 2.75) is 18.9 Å². The number of rotatable bonds is 7. The lowest BCUT2D eigenvalue weighted by atomic mass is 10.1. The summed E-state index contributed by atoms with van der Waals surface area (Å²) in [6.07, 6.45) is 7.07. The molecule has 5 rings (SSSR count). The molecule has 4 aromatic rings. The van der Waals surface area contributed by atoms with E-state index in [1.807, 2.05) is 42.3 Å². The summed E-state index contributed by atoms with van der Waals surface area (Å²) in [5.74, 6) is 0.606. The average Bonchev–Trinajstić information content (AvgIpc) is 3.32. The zero-order chi connectivity index (χ0) is 25.1. The number of imidazole rings is 1. The highest BCUT2D eigenvalue weighted by Gasteiger charge is 2.20. The van der Waals surface area contributed by atoms with Gasteiger partial charge in [0, 0.05) is 30.5 Å². The van der Waals surface area contributed by atoms with Crippen LogP contribution in [-0.2, 0) is 4.79 Å². The molecule has 1 aliphatic rings. The highest BCUT2D eigenvalue weighted by Crippen LogP contribution is 2.32. The van der Waals surface area contributed by atoms with E-state index in [1.165, 1.54) is 0 Å². The Morgan fingerprint density at radius 2 is 1.97 bits per heavy atom. The van der Waals surface area contributed by atoms with Crippen molar-refractivity contribution in [1.82, 2.24) is 24.8 Å². The third-order valence-electron chi connectivity index (χ3n) is 6.44. The van der Waals surface area contributed by atoms with Crippen LogP contribution in [0, 0.1) is 0 Å². The maximum Gasteiger partial charge on any atom is 0.243 e. The number of likely N-dealkylation sites (tertiary alicyclic amines) is 1. The summed E-state index contributed by atoms with van der Waals surface area (Å²) in [5.41, 5.74) is 4.78. The molecular formula is C26H29ClN8O. The van der Waals surface area contributed by atoms with Crippen LogP contribution >= 0.6 is 11.6 Å². The summed E-state index contributed by atoms with van der Waals surface area (Å²) in [6.45, 7) is 2.33. The number of benzene rings is 1. The van der Waals surface area contributed by atoms with E-state index in [9.17, 15) is 4.79 Å². The molecule has 0 saturated carbocycles. The number of fused-ring (bicyclic) bond motifs is 1. The van der Waals surface area contributed by atoms with Crippen LogP contribution in [0.15, 0.2) is 55.0 Å². The normalized spacial score (nSPS) is 14.6. The van der Waals surface area contributed by atoms with Crippen molar-refractivity contribution in [1.29, 1.82) is 0 Å². The number of aromatic nitrogens is 4. The molecule has 0 spiro atoms. The smallest absolute Gasteiger partial charge is 0.243 e. The number of carbonyl (C=O) groups is 1. The third-order valence-corrected chi connectivity index (χ3v) is 6.73. The lowest BCUT2D eigenvalue weighted by Gasteiger charge is -2.30. The first kappa shape index (κ1) is 24.0. The highest BCUT2D eigenvalue weighted by molar-refractivity contribution is 6.34. The molecule has 0 unspecified atom stereocenters. The molecule has 0 atom stereocenters. The molecule has 1 amide bonds. The van der Waals surface area contributed by atoms with Gasteiger partial charge in [0.2, 0.25) is 5.91 Å². The predicted octanol–water partition coefficient (Wildman–Crippen LogP) is 4.25. The fraction of sp³-hybridized carbons (Fsp3) is 0.308. The second-order valence-electron chi connectivity index (χ2n) is 9.18. The Balaban J connectivity index is 1.29. The number of hydrogen-bond donors (Lipinski definition) is 3. The van der Waals surface area contributed by atoms with Gasteiger partial charge in [-0.25, -0.2) is 9.97 Å². The average molecular weight is 505 g/mol. The number of H-pyrrole nitrogens is 1. The number of aromatic amines is 1. The minimum Gasteiger partial charge on any atom is -0.379 e. The summed E-state index contributed by atoms with van der Waals surface area (Å²) in [5, 5.41) is 7.03. The van der Waals surface area contributed by atoms with Crippen molar-refractivity contribution in [2.24, 2.45) is 0 Å². The van der Waals surface area contributed by atoms with Crippen LogP contribution in [0.5, 0.6) is 0 Å². The Kier molecular flexibility index (Phi) is 7.02. The highest BCUT2D eigenvalue weighted by atomic mass is 35.5. The molecule has 0 radical (unpaired) electrons. The van der Waals surface area contributed by atoms with Crippen LogP contribution in [-0.4, -0.2) is 70.5 Å². The van der Waals surface area contributed by atoms with Gasteiger partial charge in [-0.3, -0.25) is 9.78 Å². The van der Waals surface area contributed by atoms with Crippen LogP contribution in [0.3, 0.4) is 0 Å². The van der Waals surface area contributed by atoms with E-state index in [2.05, 4.69) is 37.5 Å². The van der Waals surface area contributed by atoms with E-state index in [0.717, 1.165) is 54.2 Å². The molecule has 1 aliphatic heterocycles. The summed E-state index contributed by atoms with van der Waals surface area (Å²) in [4.78, 5) is 33.2. The largest absolute Gasteiger partial charge is 0.379 e. The first-order chi connectivity index (χ1) is 17.5. The van der Waals surface area contributed by atoms with Crippen LogP contribution < -0.4 is 15.5 Å². The predicted molar refractivity (Wildman–Crippen MR) is 145 cm³/mol. The molecule has 36 heavy (non-hydrogen) atoms. The van der Waals surface area contributed by atoms with Crippen LogP contribution in [0.2, 0.25) is 5.02 Å². The first-order valence-corrected chi connectivity index (χ1v) is 12.3. The maximum atomic E-state index is 12.4. The number of anilines is 3. The summed E-state index contributed by atoms with van der Waals surface area (Å²) in [6, 6.07) is 11.9. The van der Waals surface area contributed by atoms with E-state index in [0.29, 0.717) is 22.4 Å². The SMILES string of the molecule is CN1CCC(Nc2c(Cl)cnc3[nH]c(-c4ccc(N(C)CC(=O)Nc5cccnc5)cc4)nc23)CC1. The second kappa shape index (κ2) is 10.5. The molecule has 9 nitrogen and oxygen atoms in total. The van der Waals surface area contributed by atoms with Crippen molar-refractivity contribution >= 4 is 45.7 Å². The lowest BCUT2D eigenvalue weighted by Crippen LogP contribution is -2.36. The Bertz CT molecular complexity index is 1330. The molecule has 0 bridgehead atoms. The van der Waals surface area contributed by atoms with E-state index < -0.39 is 0 Å². The van der Waals surface area contributed by atoms with Crippen molar-refractivity contribution in [2.75, 3.05) is 49.3 Å². The zero-order valence-corrected chi connectivity index (χ0v) is 21.1.